The van der Waals surface area contributed by atoms with Gasteiger partial charge in [-0.25, -0.2) is 13.8 Å². The summed E-state index contributed by atoms with van der Waals surface area (Å²) in [6.07, 6.45) is 1.94. The van der Waals surface area contributed by atoms with Crippen molar-refractivity contribution in [1.29, 1.82) is 0 Å². The van der Waals surface area contributed by atoms with E-state index in [-0.39, 0.29) is 23.9 Å². The molecule has 8 nitrogen and oxygen atoms in total. The first-order chi connectivity index (χ1) is 13.9. The first-order valence-electron chi connectivity index (χ1n) is 9.68. The van der Waals surface area contributed by atoms with Gasteiger partial charge in [0.2, 0.25) is 5.95 Å². The Morgan fingerprint density at radius 3 is 2.57 bits per heavy atom. The van der Waals surface area contributed by atoms with E-state index >= 15 is 0 Å². The molecule has 1 saturated heterocycles. The summed E-state index contributed by atoms with van der Waals surface area (Å²) in [6.45, 7) is 5.58. The Hall–Kier alpha value is -2.78. The van der Waals surface area contributed by atoms with Gasteiger partial charge in [0.15, 0.2) is 5.82 Å². The lowest BCUT2D eigenvalue weighted by molar-refractivity contribution is 0.102. The van der Waals surface area contributed by atoms with E-state index in [0.717, 1.165) is 43.1 Å². The minimum Gasteiger partial charge on any atom is -0.317 e. The van der Waals surface area contributed by atoms with Crippen molar-refractivity contribution in [3.63, 3.8) is 0 Å². The Bertz CT molecular complexity index is 1060. The van der Waals surface area contributed by atoms with Crippen LogP contribution < -0.4 is 10.6 Å². The first-order valence-corrected chi connectivity index (χ1v) is 9.68. The predicted octanol–water partition coefficient (Wildman–Crippen LogP) is 2.90. The van der Waals surface area contributed by atoms with E-state index in [4.69, 9.17) is 0 Å². The zero-order valence-electron chi connectivity index (χ0n) is 17.1. The summed E-state index contributed by atoms with van der Waals surface area (Å²) < 4.78 is 17.8. The summed E-state index contributed by atoms with van der Waals surface area (Å²) in [4.78, 5) is 17.1. The van der Waals surface area contributed by atoms with Gasteiger partial charge < -0.3 is 5.32 Å². The number of aryl methyl sites for hydroxylation is 3. The van der Waals surface area contributed by atoms with Crippen LogP contribution in [0.1, 0.15) is 46.3 Å². The minimum atomic E-state index is -0.516. The summed E-state index contributed by atoms with van der Waals surface area (Å²) in [5, 5.41) is 14.8. The standard InChI is InChI=1S/C20H24FN7O.ClH/c1-12-10-13(2)28(25-12)17-5-4-15(11-16(17)21)19(29)24-20-23-18(26-27(20)3)14-6-8-22-9-7-14;/h4-5,10-11,14,22H,6-9H2,1-3H3,(H,23,24,26,29);1H. The van der Waals surface area contributed by atoms with Gasteiger partial charge in [-0.2, -0.15) is 15.2 Å². The highest BCUT2D eigenvalue weighted by Crippen LogP contribution is 2.24. The second-order valence-electron chi connectivity index (χ2n) is 7.40. The third-order valence-electron chi connectivity index (χ3n) is 5.16. The van der Waals surface area contributed by atoms with Crippen LogP contribution in [0.3, 0.4) is 0 Å². The van der Waals surface area contributed by atoms with Crippen LogP contribution >= 0.6 is 12.4 Å². The molecule has 4 rings (SSSR count). The lowest BCUT2D eigenvalue weighted by Gasteiger charge is -2.19. The number of amides is 1. The summed E-state index contributed by atoms with van der Waals surface area (Å²) in [7, 11) is 1.74. The molecule has 1 amide bonds. The van der Waals surface area contributed by atoms with E-state index in [1.807, 2.05) is 19.9 Å². The van der Waals surface area contributed by atoms with E-state index in [1.165, 1.54) is 10.7 Å². The number of nitrogens with one attached hydrogen (secondary N) is 2. The van der Waals surface area contributed by atoms with Crippen LogP contribution in [0.5, 0.6) is 0 Å². The van der Waals surface area contributed by atoms with Gasteiger partial charge in [-0.15, -0.1) is 12.4 Å². The van der Waals surface area contributed by atoms with Crippen molar-refractivity contribution in [2.45, 2.75) is 32.6 Å². The topological polar surface area (TPSA) is 89.7 Å². The smallest absolute Gasteiger partial charge is 0.258 e. The van der Waals surface area contributed by atoms with E-state index in [1.54, 1.807) is 23.9 Å². The van der Waals surface area contributed by atoms with Crippen molar-refractivity contribution in [2.24, 2.45) is 7.05 Å². The maximum Gasteiger partial charge on any atom is 0.258 e. The summed E-state index contributed by atoms with van der Waals surface area (Å²) in [6, 6.07) is 6.22. The molecule has 3 aromatic rings. The quantitative estimate of drug-likeness (QED) is 0.660. The molecule has 1 aromatic carbocycles. The molecule has 1 fully saturated rings. The molecule has 2 N–H and O–H groups in total. The average Bonchev–Trinajstić information content (AvgIpc) is 3.23. The summed E-state index contributed by atoms with van der Waals surface area (Å²) in [5.41, 5.74) is 2.14. The monoisotopic (exact) mass is 433 g/mol. The molecule has 160 valence electrons. The number of benzene rings is 1. The van der Waals surface area contributed by atoms with Gasteiger partial charge in [0.1, 0.15) is 11.5 Å². The fourth-order valence-corrected chi connectivity index (χ4v) is 3.63. The molecule has 0 unspecified atom stereocenters. The zero-order chi connectivity index (χ0) is 20.5. The van der Waals surface area contributed by atoms with E-state index < -0.39 is 11.7 Å². The third kappa shape index (κ3) is 4.36. The van der Waals surface area contributed by atoms with Gasteiger partial charge in [-0.3, -0.25) is 10.1 Å². The molecule has 0 atom stereocenters. The number of halogens is 2. The van der Waals surface area contributed by atoms with Crippen molar-refractivity contribution in [1.82, 2.24) is 29.9 Å². The summed E-state index contributed by atoms with van der Waals surface area (Å²) in [5.74, 6) is 0.418. The molecule has 30 heavy (non-hydrogen) atoms. The molecule has 0 saturated carbocycles. The van der Waals surface area contributed by atoms with Crippen molar-refractivity contribution >= 4 is 24.3 Å². The number of carbonyl (C=O) groups excluding carboxylic acids is 1. The van der Waals surface area contributed by atoms with Crippen molar-refractivity contribution < 1.29 is 9.18 Å². The number of carbonyl (C=O) groups is 1. The molecule has 0 spiro atoms. The Morgan fingerprint density at radius 2 is 1.93 bits per heavy atom. The second kappa shape index (κ2) is 8.93. The maximum absolute atomic E-state index is 14.7. The zero-order valence-corrected chi connectivity index (χ0v) is 18.0. The number of anilines is 1. The number of piperidine rings is 1. The molecular formula is C20H25ClFN7O. The largest absolute Gasteiger partial charge is 0.317 e. The number of nitrogens with zero attached hydrogens (tertiary/aromatic N) is 5. The molecule has 1 aliphatic heterocycles. The van der Waals surface area contributed by atoms with Gasteiger partial charge in [0.25, 0.3) is 5.91 Å². The van der Waals surface area contributed by atoms with Crippen LogP contribution in [0.15, 0.2) is 24.3 Å². The third-order valence-corrected chi connectivity index (χ3v) is 5.16. The van der Waals surface area contributed by atoms with Gasteiger partial charge in [-0.1, -0.05) is 0 Å². The SMILES string of the molecule is Cc1cc(C)n(-c2ccc(C(=O)Nc3nc(C4CCNCC4)nn3C)cc2F)n1.Cl. The molecule has 0 radical (unpaired) electrons. The van der Waals surface area contributed by atoms with Gasteiger partial charge in [0, 0.05) is 24.2 Å². The van der Waals surface area contributed by atoms with Crippen LogP contribution in [-0.4, -0.2) is 43.5 Å². The Kier molecular flexibility index (Phi) is 6.52. The molecular weight excluding hydrogens is 409 g/mol. The minimum absolute atomic E-state index is 0. The Morgan fingerprint density at radius 1 is 1.20 bits per heavy atom. The highest BCUT2D eigenvalue weighted by atomic mass is 35.5. The Balaban J connectivity index is 0.00000256. The number of aromatic nitrogens is 5. The van der Waals surface area contributed by atoms with Crippen molar-refractivity contribution in [2.75, 3.05) is 18.4 Å². The molecule has 2 aromatic heterocycles. The number of rotatable bonds is 4. The van der Waals surface area contributed by atoms with Crippen LogP contribution in [0, 0.1) is 19.7 Å². The summed E-state index contributed by atoms with van der Waals surface area (Å²) >= 11 is 0. The lowest BCUT2D eigenvalue weighted by atomic mass is 9.98. The van der Waals surface area contributed by atoms with Crippen LogP contribution in [0.25, 0.3) is 5.69 Å². The average molecular weight is 434 g/mol. The second-order valence-corrected chi connectivity index (χ2v) is 7.40. The lowest BCUT2D eigenvalue weighted by Crippen LogP contribution is -2.27. The first kappa shape index (κ1) is 21.9. The van der Waals surface area contributed by atoms with Crippen molar-refractivity contribution in [3.8, 4) is 5.69 Å². The van der Waals surface area contributed by atoms with Gasteiger partial charge in [0.05, 0.1) is 5.69 Å². The molecule has 1 aliphatic rings. The van der Waals surface area contributed by atoms with Gasteiger partial charge in [-0.05, 0) is 64.0 Å². The molecule has 3 heterocycles. The Labute approximate surface area is 180 Å². The van der Waals surface area contributed by atoms with Crippen LogP contribution in [0.2, 0.25) is 0 Å². The maximum atomic E-state index is 14.7. The van der Waals surface area contributed by atoms with Crippen molar-refractivity contribution in [3.05, 3.63) is 52.9 Å². The van der Waals surface area contributed by atoms with E-state index in [9.17, 15) is 9.18 Å². The van der Waals surface area contributed by atoms with Crippen LogP contribution in [-0.2, 0) is 7.05 Å². The molecule has 0 aliphatic carbocycles. The predicted molar refractivity (Wildman–Crippen MR) is 114 cm³/mol. The highest BCUT2D eigenvalue weighted by Gasteiger charge is 2.22. The van der Waals surface area contributed by atoms with Gasteiger partial charge >= 0.3 is 0 Å². The number of hydrogen-bond acceptors (Lipinski definition) is 5. The fourth-order valence-electron chi connectivity index (χ4n) is 3.63. The fraction of sp³-hybridized carbons (Fsp3) is 0.400. The highest BCUT2D eigenvalue weighted by molar-refractivity contribution is 6.03. The van der Waals surface area contributed by atoms with E-state index in [0.29, 0.717) is 11.6 Å². The normalized spacial score (nSPS) is 14.4. The number of hydrogen-bond donors (Lipinski definition) is 2. The van der Waals surface area contributed by atoms with E-state index in [2.05, 4.69) is 25.8 Å². The molecule has 10 heteroatoms. The molecule has 0 bridgehead atoms. The van der Waals surface area contributed by atoms with Crippen LogP contribution in [0.4, 0.5) is 10.3 Å².